The van der Waals surface area contributed by atoms with E-state index < -0.39 is 5.92 Å². The van der Waals surface area contributed by atoms with Crippen molar-refractivity contribution in [2.75, 3.05) is 17.7 Å². The summed E-state index contributed by atoms with van der Waals surface area (Å²) in [6.45, 7) is 1.77. The Balaban J connectivity index is 1.72. The predicted molar refractivity (Wildman–Crippen MR) is 103 cm³/mol. The first-order valence-corrected chi connectivity index (χ1v) is 8.78. The molecule has 28 heavy (non-hydrogen) atoms. The number of hydrogen-bond acceptors (Lipinski definition) is 6. The van der Waals surface area contributed by atoms with Crippen molar-refractivity contribution < 1.29 is 14.3 Å². The molecule has 0 aliphatic carbocycles. The van der Waals surface area contributed by atoms with Crippen molar-refractivity contribution in [1.29, 1.82) is 0 Å². The Morgan fingerprint density at radius 1 is 1.18 bits per heavy atom. The number of imide groups is 1. The van der Waals surface area contributed by atoms with Gasteiger partial charge in [0.1, 0.15) is 11.6 Å². The molecule has 1 aliphatic rings. The fourth-order valence-electron chi connectivity index (χ4n) is 3.52. The summed E-state index contributed by atoms with van der Waals surface area (Å²) in [5.41, 5.74) is 7.95. The zero-order chi connectivity index (χ0) is 19.8. The summed E-state index contributed by atoms with van der Waals surface area (Å²) in [6, 6.07) is 12.2. The number of anilines is 2. The van der Waals surface area contributed by atoms with Crippen molar-refractivity contribution in [2.24, 2.45) is 0 Å². The molecule has 0 bridgehead atoms. The fraction of sp³-hybridized carbons (Fsp3) is 0.200. The second-order valence-electron chi connectivity index (χ2n) is 6.51. The minimum Gasteiger partial charge on any atom is -0.497 e. The lowest BCUT2D eigenvalue weighted by atomic mass is 9.97. The molecule has 1 atom stereocenters. The summed E-state index contributed by atoms with van der Waals surface area (Å²) in [7, 11) is 1.53. The SMILES string of the molecule is COc1cccc(N2C(=O)C[C@H](c3c(C)nn(-c4ccccn4)c3N)C2=O)c1. The Kier molecular flexibility index (Phi) is 4.31. The average Bonchev–Trinajstić information content (AvgIpc) is 3.17. The Bertz CT molecular complexity index is 1060. The Morgan fingerprint density at radius 3 is 2.71 bits per heavy atom. The molecule has 142 valence electrons. The molecule has 0 saturated carbocycles. The molecule has 3 heterocycles. The lowest BCUT2D eigenvalue weighted by molar-refractivity contribution is -0.121. The summed E-state index contributed by atoms with van der Waals surface area (Å²) in [5.74, 6) is 0.142. The van der Waals surface area contributed by atoms with Crippen molar-refractivity contribution in [3.8, 4) is 11.6 Å². The molecule has 1 saturated heterocycles. The van der Waals surface area contributed by atoms with Crippen LogP contribution in [0.15, 0.2) is 48.7 Å². The lowest BCUT2D eigenvalue weighted by Crippen LogP contribution is -2.30. The van der Waals surface area contributed by atoms with Gasteiger partial charge >= 0.3 is 0 Å². The van der Waals surface area contributed by atoms with E-state index in [2.05, 4.69) is 10.1 Å². The number of nitrogen functional groups attached to an aromatic ring is 1. The van der Waals surface area contributed by atoms with Gasteiger partial charge in [-0.2, -0.15) is 9.78 Å². The number of carbonyl (C=O) groups is 2. The molecular weight excluding hydrogens is 358 g/mol. The summed E-state index contributed by atoms with van der Waals surface area (Å²) in [5, 5.41) is 4.44. The highest BCUT2D eigenvalue weighted by atomic mass is 16.5. The van der Waals surface area contributed by atoms with Gasteiger partial charge in [-0.05, 0) is 31.2 Å². The van der Waals surface area contributed by atoms with E-state index in [1.54, 1.807) is 49.5 Å². The lowest BCUT2D eigenvalue weighted by Gasteiger charge is -2.16. The van der Waals surface area contributed by atoms with Gasteiger partial charge in [0.25, 0.3) is 0 Å². The maximum Gasteiger partial charge on any atom is 0.242 e. The topological polar surface area (TPSA) is 103 Å². The van der Waals surface area contributed by atoms with E-state index in [-0.39, 0.29) is 18.2 Å². The van der Waals surface area contributed by atoms with Gasteiger partial charge in [-0.25, -0.2) is 9.88 Å². The average molecular weight is 377 g/mol. The van der Waals surface area contributed by atoms with Crippen molar-refractivity contribution in [2.45, 2.75) is 19.3 Å². The molecule has 0 radical (unpaired) electrons. The van der Waals surface area contributed by atoms with Gasteiger partial charge in [-0.3, -0.25) is 9.59 Å². The van der Waals surface area contributed by atoms with E-state index >= 15 is 0 Å². The van der Waals surface area contributed by atoms with Gasteiger partial charge in [0.15, 0.2) is 5.82 Å². The summed E-state index contributed by atoms with van der Waals surface area (Å²) < 4.78 is 6.69. The van der Waals surface area contributed by atoms with Crippen LogP contribution in [0.1, 0.15) is 23.6 Å². The number of aromatic nitrogens is 3. The second-order valence-corrected chi connectivity index (χ2v) is 6.51. The number of nitrogens with zero attached hydrogens (tertiary/aromatic N) is 4. The predicted octanol–water partition coefficient (Wildman–Crippen LogP) is 2.21. The third kappa shape index (κ3) is 2.79. The molecule has 1 aliphatic heterocycles. The minimum atomic E-state index is -0.684. The van der Waals surface area contributed by atoms with Crippen LogP contribution in [0.5, 0.6) is 5.75 Å². The van der Waals surface area contributed by atoms with Gasteiger partial charge in [-0.1, -0.05) is 12.1 Å². The first-order chi connectivity index (χ1) is 13.5. The molecule has 4 rings (SSSR count). The number of ether oxygens (including phenoxy) is 1. The molecule has 0 unspecified atom stereocenters. The van der Waals surface area contributed by atoms with E-state index in [0.29, 0.717) is 34.3 Å². The van der Waals surface area contributed by atoms with E-state index in [1.165, 1.54) is 16.7 Å². The largest absolute Gasteiger partial charge is 0.497 e. The molecule has 0 spiro atoms. The fourth-order valence-corrected chi connectivity index (χ4v) is 3.52. The normalized spacial score (nSPS) is 16.6. The molecule has 2 N–H and O–H groups in total. The zero-order valence-corrected chi connectivity index (χ0v) is 15.5. The van der Waals surface area contributed by atoms with Crippen LogP contribution in [-0.2, 0) is 9.59 Å². The van der Waals surface area contributed by atoms with Crippen molar-refractivity contribution in [3.63, 3.8) is 0 Å². The molecule has 2 amide bonds. The number of methoxy groups -OCH3 is 1. The van der Waals surface area contributed by atoms with Crippen LogP contribution in [0.4, 0.5) is 11.5 Å². The number of rotatable bonds is 4. The molecular formula is C20H19N5O3. The number of nitrogens with two attached hydrogens (primary N) is 1. The van der Waals surface area contributed by atoms with Gasteiger partial charge in [0.05, 0.1) is 24.4 Å². The van der Waals surface area contributed by atoms with Crippen LogP contribution in [0, 0.1) is 6.92 Å². The zero-order valence-electron chi connectivity index (χ0n) is 15.5. The van der Waals surface area contributed by atoms with E-state index in [1.807, 2.05) is 6.07 Å². The summed E-state index contributed by atoms with van der Waals surface area (Å²) >= 11 is 0. The van der Waals surface area contributed by atoms with E-state index in [4.69, 9.17) is 10.5 Å². The maximum absolute atomic E-state index is 13.1. The third-order valence-electron chi connectivity index (χ3n) is 4.82. The quantitative estimate of drug-likeness (QED) is 0.699. The van der Waals surface area contributed by atoms with Crippen molar-refractivity contribution in [3.05, 3.63) is 59.9 Å². The standard InChI is InChI=1S/C20H19N5O3/c1-12-18(19(21)25(23-12)16-8-3-4-9-22-16)15-11-17(26)24(20(15)27)13-6-5-7-14(10-13)28-2/h3-10,15H,11,21H2,1-2H3/t15-/m1/s1. The monoisotopic (exact) mass is 377 g/mol. The number of hydrogen-bond donors (Lipinski definition) is 1. The van der Waals surface area contributed by atoms with Gasteiger partial charge in [0, 0.05) is 24.2 Å². The van der Waals surface area contributed by atoms with Crippen LogP contribution in [0.25, 0.3) is 5.82 Å². The maximum atomic E-state index is 13.1. The molecule has 8 heteroatoms. The van der Waals surface area contributed by atoms with Crippen LogP contribution in [0.3, 0.4) is 0 Å². The minimum absolute atomic E-state index is 0.0367. The Hall–Kier alpha value is -3.68. The summed E-state index contributed by atoms with van der Waals surface area (Å²) in [4.78, 5) is 31.2. The molecule has 3 aromatic rings. The Morgan fingerprint density at radius 2 is 2.00 bits per heavy atom. The number of pyridine rings is 1. The second kappa shape index (κ2) is 6.80. The van der Waals surface area contributed by atoms with Crippen LogP contribution in [0.2, 0.25) is 0 Å². The van der Waals surface area contributed by atoms with Crippen LogP contribution >= 0.6 is 0 Å². The first-order valence-electron chi connectivity index (χ1n) is 8.78. The molecule has 1 fully saturated rings. The van der Waals surface area contributed by atoms with E-state index in [0.717, 1.165) is 0 Å². The smallest absolute Gasteiger partial charge is 0.242 e. The molecule has 2 aromatic heterocycles. The number of carbonyl (C=O) groups excluding carboxylic acids is 2. The highest BCUT2D eigenvalue weighted by Gasteiger charge is 2.43. The Labute approximate surface area is 161 Å². The number of aryl methyl sites for hydroxylation is 1. The van der Waals surface area contributed by atoms with E-state index in [9.17, 15) is 9.59 Å². The third-order valence-corrected chi connectivity index (χ3v) is 4.82. The summed E-state index contributed by atoms with van der Waals surface area (Å²) in [6.07, 6.45) is 1.68. The first kappa shape index (κ1) is 17.7. The highest BCUT2D eigenvalue weighted by molar-refractivity contribution is 6.23. The van der Waals surface area contributed by atoms with Crippen molar-refractivity contribution in [1.82, 2.24) is 14.8 Å². The molecule has 8 nitrogen and oxygen atoms in total. The van der Waals surface area contributed by atoms with Gasteiger partial charge in [-0.15, -0.1) is 0 Å². The number of amides is 2. The number of benzene rings is 1. The van der Waals surface area contributed by atoms with Crippen molar-refractivity contribution >= 4 is 23.3 Å². The van der Waals surface area contributed by atoms with Crippen LogP contribution < -0.4 is 15.4 Å². The van der Waals surface area contributed by atoms with Gasteiger partial charge in [0.2, 0.25) is 11.8 Å². The van der Waals surface area contributed by atoms with Gasteiger partial charge < -0.3 is 10.5 Å². The van der Waals surface area contributed by atoms with Crippen LogP contribution in [-0.4, -0.2) is 33.7 Å². The molecule has 1 aromatic carbocycles. The highest BCUT2D eigenvalue weighted by Crippen LogP contribution is 2.38.